The van der Waals surface area contributed by atoms with E-state index >= 15 is 0 Å². The molecular formula is C19H24N6O10S2. The Hall–Kier alpha value is -3.74. The number of aromatic hydroxyl groups is 1. The number of oxime groups is 1. The van der Waals surface area contributed by atoms with E-state index < -0.39 is 62.7 Å². The number of rotatable bonds is 9. The first kappa shape index (κ1) is 27.8. The molecule has 1 aliphatic rings. The zero-order valence-corrected chi connectivity index (χ0v) is 21.5. The lowest BCUT2D eigenvalue weighted by Crippen LogP contribution is -2.76. The predicted molar refractivity (Wildman–Crippen MR) is 127 cm³/mol. The summed E-state index contributed by atoms with van der Waals surface area (Å²) in [4.78, 5) is 47.0. The number of carbonyl (C=O) groups is 2. The normalized spacial score (nSPS) is 18.4. The lowest BCUT2D eigenvalue weighted by molar-refractivity contribution is -0.218. The topological polar surface area (TPSA) is 236 Å². The largest absolute Gasteiger partial charge is 0.503 e. The van der Waals surface area contributed by atoms with E-state index in [1.165, 1.54) is 19.2 Å². The first-order valence-electron chi connectivity index (χ1n) is 10.4. The summed E-state index contributed by atoms with van der Waals surface area (Å²) in [5.74, 6) is -3.04. The molecule has 0 unspecified atom stereocenters. The van der Waals surface area contributed by atoms with Crippen molar-refractivity contribution in [3.63, 3.8) is 0 Å². The highest BCUT2D eigenvalue weighted by Gasteiger charge is 2.58. The molecule has 3 rings (SSSR count). The van der Waals surface area contributed by atoms with E-state index in [1.54, 1.807) is 13.8 Å². The number of amides is 2. The quantitative estimate of drug-likeness (QED) is 0.0880. The Morgan fingerprint density at radius 2 is 2.00 bits per heavy atom. The number of hydrogen-bond acceptors (Lipinski definition) is 13. The van der Waals surface area contributed by atoms with Crippen LogP contribution in [0.3, 0.4) is 0 Å². The summed E-state index contributed by atoms with van der Waals surface area (Å²) in [5.41, 5.74) is 2.96. The van der Waals surface area contributed by atoms with Crippen molar-refractivity contribution in [3.05, 3.63) is 39.3 Å². The Morgan fingerprint density at radius 3 is 2.51 bits per heavy atom. The van der Waals surface area contributed by atoms with Crippen LogP contribution >= 0.6 is 11.3 Å². The molecule has 1 fully saturated rings. The van der Waals surface area contributed by atoms with E-state index in [9.17, 15) is 33.1 Å². The van der Waals surface area contributed by atoms with Crippen molar-refractivity contribution < 1.29 is 42.0 Å². The molecule has 18 heteroatoms. The van der Waals surface area contributed by atoms with Crippen molar-refractivity contribution in [2.45, 2.75) is 45.4 Å². The molecule has 2 aromatic rings. The molecule has 0 aliphatic carbocycles. The molecule has 3 heterocycles. The van der Waals surface area contributed by atoms with E-state index in [-0.39, 0.29) is 16.5 Å². The Labute approximate surface area is 213 Å². The van der Waals surface area contributed by atoms with Crippen molar-refractivity contribution >= 4 is 44.4 Å². The molecule has 0 saturated carbocycles. The molecule has 0 bridgehead atoms. The Bertz CT molecular complexity index is 1410. The van der Waals surface area contributed by atoms with Crippen LogP contribution in [0.4, 0.5) is 5.13 Å². The van der Waals surface area contributed by atoms with Crippen LogP contribution in [-0.4, -0.2) is 67.2 Å². The van der Waals surface area contributed by atoms with Crippen molar-refractivity contribution in [1.29, 1.82) is 0 Å². The van der Waals surface area contributed by atoms with Crippen LogP contribution in [0, 0.1) is 5.92 Å². The van der Waals surface area contributed by atoms with Gasteiger partial charge in [-0.2, -0.15) is 18.2 Å². The average molecular weight is 561 g/mol. The maximum atomic E-state index is 13.2. The summed E-state index contributed by atoms with van der Waals surface area (Å²) >= 11 is 0.986. The predicted octanol–water partition coefficient (Wildman–Crippen LogP) is -0.212. The van der Waals surface area contributed by atoms with Crippen molar-refractivity contribution in [1.82, 2.24) is 20.1 Å². The van der Waals surface area contributed by atoms with Crippen LogP contribution in [-0.2, 0) is 29.1 Å². The SMILES string of the molecule is CC(C)[C@H](O/N=C(\C(=O)N[C@@H]1C(=O)N(OS(=O)(=O)O)C1(C)C)c1csc(N)n1)c1cc(=O)c(O)cn1O. The fourth-order valence-electron chi connectivity index (χ4n) is 3.39. The van der Waals surface area contributed by atoms with Gasteiger partial charge in [0, 0.05) is 11.4 Å². The number of thiazole rings is 1. The molecule has 2 aromatic heterocycles. The summed E-state index contributed by atoms with van der Waals surface area (Å²) in [6, 6.07) is -0.348. The molecule has 1 aliphatic heterocycles. The van der Waals surface area contributed by atoms with Gasteiger partial charge < -0.3 is 26.2 Å². The van der Waals surface area contributed by atoms with Gasteiger partial charge in [-0.15, -0.1) is 15.6 Å². The van der Waals surface area contributed by atoms with E-state index in [0.717, 1.165) is 23.6 Å². The van der Waals surface area contributed by atoms with E-state index in [1.807, 2.05) is 0 Å². The summed E-state index contributed by atoms with van der Waals surface area (Å²) < 4.78 is 35.7. The second-order valence-corrected chi connectivity index (χ2v) is 10.7. The third-order valence-electron chi connectivity index (χ3n) is 5.30. The van der Waals surface area contributed by atoms with E-state index in [0.29, 0.717) is 9.79 Å². The minimum absolute atomic E-state index is 0.0229. The van der Waals surface area contributed by atoms with Gasteiger partial charge in [-0.1, -0.05) is 19.0 Å². The highest BCUT2D eigenvalue weighted by molar-refractivity contribution is 7.80. The van der Waals surface area contributed by atoms with E-state index in [4.69, 9.17) is 15.1 Å². The van der Waals surface area contributed by atoms with Crippen molar-refractivity contribution in [2.75, 3.05) is 5.73 Å². The second kappa shape index (κ2) is 9.96. The fourth-order valence-corrected chi connectivity index (χ4v) is 4.39. The fraction of sp³-hybridized carbons (Fsp3) is 0.421. The number of β-lactam (4-membered cyclic amide) rings is 1. The van der Waals surface area contributed by atoms with Gasteiger partial charge in [0.2, 0.25) is 5.43 Å². The standard InChI is InChI=1S/C19H24N6O10S2/c1-8(2)14(10-5-11(26)12(27)6-24(10)30)34-23-13(9-7-36-18(20)21-9)16(28)22-15-17(29)25(19(15,3)4)35-37(31,32)33/h5-8,14-15,27,30H,1-4H3,(H2,20,21)(H,22,28)(H,31,32,33)/b23-13-/t14-,15+/m0/s1. The maximum Gasteiger partial charge on any atom is 0.418 e. The van der Waals surface area contributed by atoms with E-state index in [2.05, 4.69) is 19.7 Å². The van der Waals surface area contributed by atoms with Gasteiger partial charge in [0.1, 0.15) is 17.4 Å². The monoisotopic (exact) mass is 560 g/mol. The number of nitrogens with two attached hydrogens (primary N) is 1. The maximum absolute atomic E-state index is 13.2. The average Bonchev–Trinajstić information content (AvgIpc) is 3.21. The number of aromatic nitrogens is 2. The molecule has 0 radical (unpaired) electrons. The molecule has 0 spiro atoms. The van der Waals surface area contributed by atoms with Gasteiger partial charge >= 0.3 is 10.4 Å². The Morgan fingerprint density at radius 1 is 1.35 bits per heavy atom. The van der Waals surface area contributed by atoms with Crippen molar-refractivity contribution in [2.24, 2.45) is 11.1 Å². The zero-order chi connectivity index (χ0) is 27.9. The summed E-state index contributed by atoms with van der Waals surface area (Å²) in [7, 11) is -4.99. The Balaban J connectivity index is 1.92. The molecule has 202 valence electrons. The number of nitrogens with one attached hydrogen (secondary N) is 1. The molecular weight excluding hydrogens is 536 g/mol. The highest BCUT2D eigenvalue weighted by atomic mass is 32.3. The summed E-state index contributed by atoms with van der Waals surface area (Å²) in [6.07, 6.45) is -0.308. The number of anilines is 1. The molecule has 2 atom stereocenters. The van der Waals surface area contributed by atoms with Crippen LogP contribution in [0.25, 0.3) is 0 Å². The zero-order valence-electron chi connectivity index (χ0n) is 19.8. The third kappa shape index (κ3) is 5.82. The van der Waals surface area contributed by atoms with Gasteiger partial charge in [0.15, 0.2) is 22.7 Å². The minimum Gasteiger partial charge on any atom is -0.503 e. The van der Waals surface area contributed by atoms with Crippen LogP contribution < -0.4 is 16.5 Å². The molecule has 1 saturated heterocycles. The summed E-state index contributed by atoms with van der Waals surface area (Å²) in [6.45, 7) is 6.10. The van der Waals surface area contributed by atoms with Gasteiger partial charge in [-0.25, -0.2) is 4.98 Å². The highest BCUT2D eigenvalue weighted by Crippen LogP contribution is 2.33. The van der Waals surface area contributed by atoms with Gasteiger partial charge in [-0.05, 0) is 19.8 Å². The van der Waals surface area contributed by atoms with Crippen LogP contribution in [0.5, 0.6) is 5.75 Å². The van der Waals surface area contributed by atoms with Gasteiger partial charge in [-0.3, -0.25) is 18.9 Å². The first-order valence-corrected chi connectivity index (χ1v) is 12.7. The molecule has 2 amide bonds. The van der Waals surface area contributed by atoms with Crippen LogP contribution in [0.2, 0.25) is 0 Å². The lowest BCUT2D eigenvalue weighted by Gasteiger charge is -2.50. The van der Waals surface area contributed by atoms with Crippen molar-refractivity contribution in [3.8, 4) is 5.75 Å². The number of nitrogens with zero attached hydrogens (tertiary/aromatic N) is 4. The first-order chi connectivity index (χ1) is 17.0. The molecule has 6 N–H and O–H groups in total. The molecule has 0 aromatic carbocycles. The number of nitrogen functional groups attached to an aromatic ring is 1. The van der Waals surface area contributed by atoms with Crippen LogP contribution in [0.15, 0.2) is 27.6 Å². The molecule has 37 heavy (non-hydrogen) atoms. The third-order valence-corrected chi connectivity index (χ3v) is 6.31. The number of hydroxylamine groups is 2. The summed E-state index contributed by atoms with van der Waals surface area (Å²) in [5, 5.41) is 27.8. The smallest absolute Gasteiger partial charge is 0.418 e. The number of pyridine rings is 1. The van der Waals surface area contributed by atoms with Crippen LogP contribution in [0.1, 0.15) is 45.2 Å². The minimum atomic E-state index is -4.99. The van der Waals surface area contributed by atoms with Gasteiger partial charge in [0.05, 0.1) is 11.7 Å². The van der Waals surface area contributed by atoms with Gasteiger partial charge in [0.25, 0.3) is 11.8 Å². The number of hydrogen-bond donors (Lipinski definition) is 5. The molecule has 16 nitrogen and oxygen atoms in total. The number of carbonyl (C=O) groups excluding carboxylic acids is 2. The lowest BCUT2D eigenvalue weighted by atomic mass is 9.84. The second-order valence-electron chi connectivity index (χ2n) is 8.77. The Kier molecular flexibility index (Phi) is 7.49.